The molecule has 1 aromatic carbocycles. The van der Waals surface area contributed by atoms with Crippen LogP contribution in [0.5, 0.6) is 0 Å². The highest BCUT2D eigenvalue weighted by Gasteiger charge is 2.29. The first-order chi connectivity index (χ1) is 14.9. The van der Waals surface area contributed by atoms with Gasteiger partial charge in [-0.15, -0.1) is 11.3 Å². The van der Waals surface area contributed by atoms with Crippen molar-refractivity contribution in [2.24, 2.45) is 0 Å². The summed E-state index contributed by atoms with van der Waals surface area (Å²) in [6.45, 7) is 4.00. The number of thiazole rings is 1. The number of nitrogens with zero attached hydrogens (tertiary/aromatic N) is 2. The van der Waals surface area contributed by atoms with Gasteiger partial charge in [0.05, 0.1) is 24.5 Å². The molecule has 0 radical (unpaired) electrons. The van der Waals surface area contributed by atoms with Crippen molar-refractivity contribution in [3.63, 3.8) is 0 Å². The number of ketones is 1. The Morgan fingerprint density at radius 3 is 2.74 bits per heavy atom. The minimum absolute atomic E-state index is 0.00228. The summed E-state index contributed by atoms with van der Waals surface area (Å²) < 4.78 is 0. The zero-order valence-corrected chi connectivity index (χ0v) is 18.3. The Hall–Kier alpha value is -3.27. The van der Waals surface area contributed by atoms with Gasteiger partial charge in [0, 0.05) is 17.4 Å². The molecular weight excluding hydrogens is 418 g/mol. The van der Waals surface area contributed by atoms with Crippen LogP contribution in [-0.2, 0) is 11.3 Å². The number of aromatic nitrogens is 1. The molecule has 1 fully saturated rings. The Labute approximate surface area is 184 Å². The standard InChI is InChI=1S/C21H25N5O4S/c1-3-4-5-6-17(27)15-9-13(2)7-8-16(15)24-19(29)25-20-23-14(12-31-20)11-26-18(28)10-22-21(26)30/h7-9,12H,3-6,10-11H2,1-2H3,(H,22,30)(H2,23,24,25,29). The molecule has 31 heavy (non-hydrogen) atoms. The lowest BCUT2D eigenvalue weighted by molar-refractivity contribution is -0.125. The summed E-state index contributed by atoms with van der Waals surface area (Å²) in [5.41, 5.74) is 2.37. The predicted octanol–water partition coefficient (Wildman–Crippen LogP) is 3.91. The molecule has 0 spiro atoms. The summed E-state index contributed by atoms with van der Waals surface area (Å²) in [5, 5.41) is 9.79. The first-order valence-electron chi connectivity index (χ1n) is 10.1. The van der Waals surface area contributed by atoms with Crippen LogP contribution < -0.4 is 16.0 Å². The van der Waals surface area contributed by atoms with Gasteiger partial charge in [-0.3, -0.25) is 19.8 Å². The van der Waals surface area contributed by atoms with Crippen LogP contribution in [0.2, 0.25) is 0 Å². The van der Waals surface area contributed by atoms with Gasteiger partial charge in [0.25, 0.3) is 0 Å². The quantitative estimate of drug-likeness (QED) is 0.308. The molecule has 1 aromatic heterocycles. The Balaban J connectivity index is 1.62. The number of nitrogens with one attached hydrogen (secondary N) is 3. The van der Waals surface area contributed by atoms with E-state index in [9.17, 15) is 19.2 Å². The molecule has 164 valence electrons. The highest BCUT2D eigenvalue weighted by molar-refractivity contribution is 7.13. The van der Waals surface area contributed by atoms with Crippen LogP contribution in [0.4, 0.5) is 20.4 Å². The molecule has 2 heterocycles. The van der Waals surface area contributed by atoms with Gasteiger partial charge >= 0.3 is 12.1 Å². The second kappa shape index (κ2) is 10.2. The Morgan fingerprint density at radius 1 is 1.23 bits per heavy atom. The zero-order valence-electron chi connectivity index (χ0n) is 17.5. The fourth-order valence-electron chi connectivity index (χ4n) is 3.13. The number of unbranched alkanes of at least 4 members (excludes halogenated alkanes) is 2. The minimum Gasteiger partial charge on any atom is -0.329 e. The molecule has 1 aliphatic heterocycles. The minimum atomic E-state index is -0.526. The fraction of sp³-hybridized carbons (Fsp3) is 0.381. The van der Waals surface area contributed by atoms with Crippen LogP contribution in [0.3, 0.4) is 0 Å². The fourth-order valence-corrected chi connectivity index (χ4v) is 3.83. The normalized spacial score (nSPS) is 13.3. The predicted molar refractivity (Wildman–Crippen MR) is 118 cm³/mol. The average molecular weight is 444 g/mol. The van der Waals surface area contributed by atoms with E-state index in [1.807, 2.05) is 13.0 Å². The number of imide groups is 1. The number of amides is 5. The number of anilines is 2. The third kappa shape index (κ3) is 5.88. The van der Waals surface area contributed by atoms with Crippen molar-refractivity contribution in [2.75, 3.05) is 17.2 Å². The lowest BCUT2D eigenvalue weighted by Gasteiger charge is -2.12. The zero-order chi connectivity index (χ0) is 22.4. The number of Topliss-reactive ketones (excluding diaryl/α,β-unsaturated/α-hetero) is 1. The Bertz CT molecular complexity index is 987. The van der Waals surface area contributed by atoms with Gasteiger partial charge in [0.2, 0.25) is 5.91 Å². The van der Waals surface area contributed by atoms with Gasteiger partial charge in [-0.2, -0.15) is 0 Å². The molecule has 3 N–H and O–H groups in total. The van der Waals surface area contributed by atoms with Crippen LogP contribution in [0.25, 0.3) is 0 Å². The number of hydrogen-bond donors (Lipinski definition) is 3. The van der Waals surface area contributed by atoms with Crippen molar-refractivity contribution in [1.82, 2.24) is 15.2 Å². The van der Waals surface area contributed by atoms with E-state index in [0.717, 1.165) is 29.7 Å². The van der Waals surface area contributed by atoms with Crippen molar-refractivity contribution in [2.45, 2.75) is 46.1 Å². The molecule has 0 aliphatic carbocycles. The number of hydrogen-bond acceptors (Lipinski definition) is 6. The van der Waals surface area contributed by atoms with Gasteiger partial charge in [0.15, 0.2) is 10.9 Å². The second-order valence-electron chi connectivity index (χ2n) is 7.29. The third-order valence-electron chi connectivity index (χ3n) is 4.76. The van der Waals surface area contributed by atoms with Crippen LogP contribution in [0, 0.1) is 6.92 Å². The summed E-state index contributed by atoms with van der Waals surface area (Å²) in [6, 6.07) is 4.34. The number of carbonyl (C=O) groups is 4. The molecule has 9 nitrogen and oxygen atoms in total. The number of benzene rings is 1. The van der Waals surface area contributed by atoms with E-state index in [2.05, 4.69) is 27.9 Å². The number of rotatable bonds is 9. The lowest BCUT2D eigenvalue weighted by atomic mass is 10.0. The topological polar surface area (TPSA) is 120 Å². The smallest absolute Gasteiger partial charge is 0.325 e. The van der Waals surface area contributed by atoms with Gasteiger partial charge < -0.3 is 10.6 Å². The lowest BCUT2D eigenvalue weighted by Crippen LogP contribution is -2.30. The number of aryl methyl sites for hydroxylation is 1. The summed E-state index contributed by atoms with van der Waals surface area (Å²) in [5.74, 6) is -0.321. The van der Waals surface area contributed by atoms with Crippen molar-refractivity contribution in [3.05, 3.63) is 40.4 Å². The largest absolute Gasteiger partial charge is 0.329 e. The SMILES string of the molecule is CCCCCC(=O)c1cc(C)ccc1NC(=O)Nc1nc(CN2C(=O)CNC2=O)cs1. The first-order valence-corrected chi connectivity index (χ1v) is 11.0. The molecular formula is C21H25N5O4S. The Kier molecular flexibility index (Phi) is 7.35. The van der Waals surface area contributed by atoms with Crippen molar-refractivity contribution < 1.29 is 19.2 Å². The summed E-state index contributed by atoms with van der Waals surface area (Å²) in [4.78, 5) is 53.7. The summed E-state index contributed by atoms with van der Waals surface area (Å²) in [6.07, 6.45) is 3.26. The van der Waals surface area contributed by atoms with Crippen LogP contribution in [-0.4, -0.2) is 40.2 Å². The van der Waals surface area contributed by atoms with Crippen LogP contribution >= 0.6 is 11.3 Å². The summed E-state index contributed by atoms with van der Waals surface area (Å²) >= 11 is 1.18. The van der Waals surface area contributed by atoms with Crippen LogP contribution in [0.15, 0.2) is 23.6 Å². The van der Waals surface area contributed by atoms with Gasteiger partial charge in [0.1, 0.15) is 0 Å². The highest BCUT2D eigenvalue weighted by Crippen LogP contribution is 2.22. The van der Waals surface area contributed by atoms with E-state index >= 15 is 0 Å². The average Bonchev–Trinajstić information content (AvgIpc) is 3.30. The van der Waals surface area contributed by atoms with E-state index in [4.69, 9.17) is 0 Å². The maximum Gasteiger partial charge on any atom is 0.325 e. The third-order valence-corrected chi connectivity index (χ3v) is 5.57. The van der Waals surface area contributed by atoms with Crippen molar-refractivity contribution >= 4 is 45.9 Å². The molecule has 1 saturated heterocycles. The van der Waals surface area contributed by atoms with E-state index < -0.39 is 12.1 Å². The maximum atomic E-state index is 12.6. The van der Waals surface area contributed by atoms with Crippen molar-refractivity contribution in [3.8, 4) is 0 Å². The monoisotopic (exact) mass is 443 g/mol. The molecule has 5 amide bonds. The van der Waals surface area contributed by atoms with Gasteiger partial charge in [-0.1, -0.05) is 31.4 Å². The van der Waals surface area contributed by atoms with Crippen molar-refractivity contribution in [1.29, 1.82) is 0 Å². The Morgan fingerprint density at radius 2 is 2.03 bits per heavy atom. The number of urea groups is 2. The molecule has 3 rings (SSSR count). The molecule has 0 bridgehead atoms. The van der Waals surface area contributed by atoms with Gasteiger partial charge in [-0.05, 0) is 25.5 Å². The highest BCUT2D eigenvalue weighted by atomic mass is 32.1. The maximum absolute atomic E-state index is 12.6. The molecule has 1 aliphatic rings. The van der Waals surface area contributed by atoms with E-state index in [-0.39, 0.29) is 24.8 Å². The molecule has 0 unspecified atom stereocenters. The van der Waals surface area contributed by atoms with Gasteiger partial charge in [-0.25, -0.2) is 14.6 Å². The molecule has 2 aromatic rings. The van der Waals surface area contributed by atoms with E-state index in [1.165, 1.54) is 11.3 Å². The molecule has 0 atom stereocenters. The first kappa shape index (κ1) is 22.4. The molecule has 0 saturated carbocycles. The number of carbonyl (C=O) groups excluding carboxylic acids is 4. The van der Waals surface area contributed by atoms with Crippen LogP contribution in [0.1, 0.15) is 54.2 Å². The molecule has 10 heteroatoms. The second-order valence-corrected chi connectivity index (χ2v) is 8.15. The summed E-state index contributed by atoms with van der Waals surface area (Å²) in [7, 11) is 0. The van der Waals surface area contributed by atoms with E-state index in [0.29, 0.717) is 28.5 Å². The van der Waals surface area contributed by atoms with E-state index in [1.54, 1.807) is 17.5 Å².